The first-order chi connectivity index (χ1) is 5.70. The van der Waals surface area contributed by atoms with Gasteiger partial charge in [0.2, 0.25) is 0 Å². The highest BCUT2D eigenvalue weighted by atomic mass is 79.9. The van der Waals surface area contributed by atoms with Crippen molar-refractivity contribution in [2.45, 2.75) is 13.8 Å². The fourth-order valence-electron chi connectivity index (χ4n) is 1.26. The van der Waals surface area contributed by atoms with Gasteiger partial charge in [-0.25, -0.2) is 4.98 Å². The first-order valence-electron chi connectivity index (χ1n) is 3.79. The number of hydrogen-bond donors (Lipinski definition) is 1. The van der Waals surface area contributed by atoms with Crippen LogP contribution in [0.4, 0.5) is 0 Å². The molecule has 0 aliphatic heterocycles. The Morgan fingerprint density at radius 1 is 1.42 bits per heavy atom. The molecule has 62 valence electrons. The molecular weight excluding hydrogens is 216 g/mol. The van der Waals surface area contributed by atoms with E-state index in [2.05, 4.69) is 45.8 Å². The van der Waals surface area contributed by atoms with Gasteiger partial charge in [-0.15, -0.1) is 0 Å². The zero-order valence-corrected chi connectivity index (χ0v) is 8.57. The third-order valence-corrected chi connectivity index (χ3v) is 3.13. The summed E-state index contributed by atoms with van der Waals surface area (Å²) in [7, 11) is 0. The van der Waals surface area contributed by atoms with Crippen LogP contribution in [-0.4, -0.2) is 9.97 Å². The molecule has 0 atom stereocenters. The van der Waals surface area contributed by atoms with E-state index in [4.69, 9.17) is 0 Å². The Morgan fingerprint density at radius 3 is 2.92 bits per heavy atom. The lowest BCUT2D eigenvalue weighted by Gasteiger charge is -2.02. The molecule has 0 aliphatic carbocycles. The van der Waals surface area contributed by atoms with Crippen LogP contribution < -0.4 is 0 Å². The van der Waals surface area contributed by atoms with Crippen LogP contribution in [0, 0.1) is 13.8 Å². The summed E-state index contributed by atoms with van der Waals surface area (Å²) in [6.45, 7) is 4.19. The summed E-state index contributed by atoms with van der Waals surface area (Å²) in [5.41, 5.74) is 4.64. The first kappa shape index (κ1) is 7.80. The molecule has 0 spiro atoms. The summed E-state index contributed by atoms with van der Waals surface area (Å²) in [5, 5.41) is 0. The highest BCUT2D eigenvalue weighted by Crippen LogP contribution is 2.27. The molecule has 0 aliphatic rings. The third-order valence-electron chi connectivity index (χ3n) is 2.16. The normalized spacial score (nSPS) is 10.9. The molecule has 0 saturated carbocycles. The molecule has 0 saturated heterocycles. The molecule has 0 unspecified atom stereocenters. The lowest BCUT2D eigenvalue weighted by molar-refractivity contribution is 1.33. The molecule has 1 heterocycles. The van der Waals surface area contributed by atoms with E-state index >= 15 is 0 Å². The number of benzene rings is 1. The fourth-order valence-corrected chi connectivity index (χ4v) is 1.89. The van der Waals surface area contributed by atoms with E-state index in [1.165, 1.54) is 11.1 Å². The Bertz CT molecular complexity index is 431. The number of aromatic nitrogens is 2. The number of hydrogen-bond acceptors (Lipinski definition) is 1. The van der Waals surface area contributed by atoms with Gasteiger partial charge in [-0.3, -0.25) is 0 Å². The molecule has 2 nitrogen and oxygen atoms in total. The van der Waals surface area contributed by atoms with Gasteiger partial charge < -0.3 is 4.98 Å². The molecule has 0 amide bonds. The zero-order chi connectivity index (χ0) is 8.72. The molecule has 2 rings (SSSR count). The van der Waals surface area contributed by atoms with Crippen LogP contribution in [0.25, 0.3) is 11.0 Å². The smallest absolute Gasteiger partial charge is 0.103 e. The fraction of sp³-hybridized carbons (Fsp3) is 0.222. The molecule has 1 aromatic heterocycles. The molecule has 1 aromatic carbocycles. The largest absolute Gasteiger partial charge is 0.345 e. The van der Waals surface area contributed by atoms with Crippen LogP contribution >= 0.6 is 15.9 Å². The molecule has 0 bridgehead atoms. The van der Waals surface area contributed by atoms with Gasteiger partial charge in [-0.1, -0.05) is 0 Å². The summed E-state index contributed by atoms with van der Waals surface area (Å²) in [4.78, 5) is 7.31. The van der Waals surface area contributed by atoms with Crippen molar-refractivity contribution in [2.75, 3.05) is 0 Å². The molecule has 0 fully saturated rings. The number of rotatable bonds is 0. The molecule has 0 radical (unpaired) electrons. The van der Waals surface area contributed by atoms with Gasteiger partial charge >= 0.3 is 0 Å². The van der Waals surface area contributed by atoms with E-state index in [0.717, 1.165) is 15.5 Å². The predicted molar refractivity (Wildman–Crippen MR) is 53.3 cm³/mol. The second-order valence-corrected chi connectivity index (χ2v) is 3.72. The van der Waals surface area contributed by atoms with Crippen molar-refractivity contribution in [1.82, 2.24) is 9.97 Å². The van der Waals surface area contributed by atoms with Crippen molar-refractivity contribution in [3.8, 4) is 0 Å². The minimum absolute atomic E-state index is 1.01. The highest BCUT2D eigenvalue weighted by Gasteiger charge is 2.06. The molecular formula is C9H9BrN2. The van der Waals surface area contributed by atoms with Crippen molar-refractivity contribution in [3.05, 3.63) is 28.0 Å². The van der Waals surface area contributed by atoms with Crippen LogP contribution in [0.3, 0.4) is 0 Å². The lowest BCUT2D eigenvalue weighted by Crippen LogP contribution is -1.84. The first-order valence-corrected chi connectivity index (χ1v) is 4.58. The number of H-pyrrole nitrogens is 1. The van der Waals surface area contributed by atoms with Gasteiger partial charge in [0, 0.05) is 4.47 Å². The zero-order valence-electron chi connectivity index (χ0n) is 6.98. The maximum absolute atomic E-state index is 4.22. The Hall–Kier alpha value is -0.830. The topological polar surface area (TPSA) is 28.7 Å². The van der Waals surface area contributed by atoms with Gasteiger partial charge in [0.1, 0.15) is 5.52 Å². The number of nitrogens with zero attached hydrogens (tertiary/aromatic N) is 1. The quantitative estimate of drug-likeness (QED) is 0.733. The van der Waals surface area contributed by atoms with E-state index in [-0.39, 0.29) is 0 Å². The minimum Gasteiger partial charge on any atom is -0.345 e. The number of nitrogens with one attached hydrogen (secondary N) is 1. The lowest BCUT2D eigenvalue weighted by atomic mass is 10.1. The van der Waals surface area contributed by atoms with E-state index in [9.17, 15) is 0 Å². The van der Waals surface area contributed by atoms with E-state index in [1.54, 1.807) is 6.33 Å². The monoisotopic (exact) mass is 224 g/mol. The average Bonchev–Trinajstić information content (AvgIpc) is 2.48. The summed E-state index contributed by atoms with van der Waals surface area (Å²) < 4.78 is 1.10. The summed E-state index contributed by atoms with van der Waals surface area (Å²) in [6.07, 6.45) is 1.72. The van der Waals surface area contributed by atoms with Crippen molar-refractivity contribution < 1.29 is 0 Å². The van der Waals surface area contributed by atoms with Crippen LogP contribution in [0.1, 0.15) is 11.1 Å². The molecule has 12 heavy (non-hydrogen) atoms. The summed E-state index contributed by atoms with van der Waals surface area (Å²) >= 11 is 3.53. The van der Waals surface area contributed by atoms with E-state index < -0.39 is 0 Å². The number of imidazole rings is 1. The highest BCUT2D eigenvalue weighted by molar-refractivity contribution is 9.10. The Morgan fingerprint density at radius 2 is 2.17 bits per heavy atom. The van der Waals surface area contributed by atoms with Gasteiger partial charge in [0.25, 0.3) is 0 Å². The molecule has 1 N–H and O–H groups in total. The number of aromatic amines is 1. The van der Waals surface area contributed by atoms with Crippen molar-refractivity contribution in [3.63, 3.8) is 0 Å². The van der Waals surface area contributed by atoms with Crippen molar-refractivity contribution in [2.24, 2.45) is 0 Å². The van der Waals surface area contributed by atoms with Crippen LogP contribution in [0.15, 0.2) is 16.9 Å². The number of fused-ring (bicyclic) bond motifs is 1. The molecule has 3 heteroatoms. The maximum atomic E-state index is 4.22. The van der Waals surface area contributed by atoms with Crippen LogP contribution in [-0.2, 0) is 0 Å². The van der Waals surface area contributed by atoms with E-state index in [1.807, 2.05) is 0 Å². The predicted octanol–water partition coefficient (Wildman–Crippen LogP) is 2.94. The Kier molecular flexibility index (Phi) is 1.68. The van der Waals surface area contributed by atoms with Crippen molar-refractivity contribution >= 4 is 27.0 Å². The van der Waals surface area contributed by atoms with Crippen LogP contribution in [0.2, 0.25) is 0 Å². The van der Waals surface area contributed by atoms with Gasteiger partial charge in [0.15, 0.2) is 0 Å². The second kappa shape index (κ2) is 2.59. The SMILES string of the molecule is Cc1cc2[nH]cnc2c(Br)c1C. The standard InChI is InChI=1S/C9H9BrN2/c1-5-3-7-9(12-4-11-7)8(10)6(5)2/h3-4H,1-2H3,(H,11,12). The minimum atomic E-state index is 1.01. The van der Waals surface area contributed by atoms with Crippen LogP contribution in [0.5, 0.6) is 0 Å². The average molecular weight is 225 g/mol. The van der Waals surface area contributed by atoms with Gasteiger partial charge in [-0.05, 0) is 47.0 Å². The second-order valence-electron chi connectivity index (χ2n) is 2.93. The third kappa shape index (κ3) is 0.966. The van der Waals surface area contributed by atoms with Gasteiger partial charge in [0.05, 0.1) is 11.8 Å². The summed E-state index contributed by atoms with van der Waals surface area (Å²) in [5.74, 6) is 0. The van der Waals surface area contributed by atoms with E-state index in [0.29, 0.717) is 0 Å². The number of halogens is 1. The Balaban J connectivity index is 2.94. The molecule has 2 aromatic rings. The van der Waals surface area contributed by atoms with Crippen molar-refractivity contribution in [1.29, 1.82) is 0 Å². The van der Waals surface area contributed by atoms with Gasteiger partial charge in [-0.2, -0.15) is 0 Å². The summed E-state index contributed by atoms with van der Waals surface area (Å²) in [6, 6.07) is 2.11. The Labute approximate surface area is 79.1 Å². The maximum Gasteiger partial charge on any atom is 0.103 e. The number of aryl methyl sites for hydroxylation is 1.